The molecule has 0 radical (unpaired) electrons. The number of phenols is 1. The molecule has 2 aromatic rings. The van der Waals surface area contributed by atoms with Gasteiger partial charge in [0.25, 0.3) is 0 Å². The number of piperazine rings is 1. The maximum absolute atomic E-state index is 12.4. The van der Waals surface area contributed by atoms with Crippen molar-refractivity contribution >= 4 is 23.2 Å². The lowest BCUT2D eigenvalue weighted by molar-refractivity contribution is -0.131. The molecule has 1 heterocycles. The van der Waals surface area contributed by atoms with E-state index in [1.54, 1.807) is 12.1 Å². The minimum atomic E-state index is 0.178. The van der Waals surface area contributed by atoms with Gasteiger partial charge in [-0.05, 0) is 61.4 Å². The van der Waals surface area contributed by atoms with E-state index in [-0.39, 0.29) is 11.7 Å². The van der Waals surface area contributed by atoms with Crippen molar-refractivity contribution in [2.24, 2.45) is 0 Å². The van der Waals surface area contributed by atoms with E-state index in [9.17, 15) is 9.90 Å². The predicted molar refractivity (Wildman–Crippen MR) is 108 cm³/mol. The molecule has 1 N–H and O–H groups in total. The Morgan fingerprint density at radius 3 is 2.48 bits per heavy atom. The van der Waals surface area contributed by atoms with E-state index < -0.39 is 0 Å². The van der Waals surface area contributed by atoms with Crippen molar-refractivity contribution in [1.29, 1.82) is 0 Å². The van der Waals surface area contributed by atoms with Crippen LogP contribution in [-0.2, 0) is 4.79 Å². The largest absolute Gasteiger partial charge is 0.508 e. The highest BCUT2D eigenvalue weighted by molar-refractivity contribution is 6.30. The number of carbonyl (C=O) groups is 1. The average molecular weight is 389 g/mol. The number of anilines is 1. The van der Waals surface area contributed by atoms with E-state index in [2.05, 4.69) is 4.90 Å². The number of halogens is 1. The molecule has 27 heavy (non-hydrogen) atoms. The average Bonchev–Trinajstić information content (AvgIpc) is 2.67. The van der Waals surface area contributed by atoms with Crippen LogP contribution in [0.25, 0.3) is 0 Å². The van der Waals surface area contributed by atoms with Crippen LogP contribution in [0.4, 0.5) is 5.69 Å². The van der Waals surface area contributed by atoms with Crippen molar-refractivity contribution in [2.45, 2.75) is 19.8 Å². The van der Waals surface area contributed by atoms with Crippen LogP contribution < -0.4 is 9.64 Å². The normalized spacial score (nSPS) is 14.3. The van der Waals surface area contributed by atoms with Gasteiger partial charge < -0.3 is 19.6 Å². The van der Waals surface area contributed by atoms with Gasteiger partial charge in [-0.1, -0.05) is 11.6 Å². The molecule has 0 unspecified atom stereocenters. The van der Waals surface area contributed by atoms with Gasteiger partial charge in [-0.2, -0.15) is 0 Å². The van der Waals surface area contributed by atoms with E-state index in [4.69, 9.17) is 16.3 Å². The zero-order valence-electron chi connectivity index (χ0n) is 15.5. The highest BCUT2D eigenvalue weighted by atomic mass is 35.5. The lowest BCUT2D eigenvalue weighted by Gasteiger charge is -2.36. The van der Waals surface area contributed by atoms with Crippen molar-refractivity contribution in [2.75, 3.05) is 37.7 Å². The molecule has 0 spiro atoms. The Morgan fingerprint density at radius 1 is 1.11 bits per heavy atom. The van der Waals surface area contributed by atoms with Gasteiger partial charge >= 0.3 is 0 Å². The maximum Gasteiger partial charge on any atom is 0.222 e. The molecule has 1 aliphatic heterocycles. The van der Waals surface area contributed by atoms with Crippen LogP contribution >= 0.6 is 11.6 Å². The molecule has 0 saturated carbocycles. The molecule has 6 heteroatoms. The van der Waals surface area contributed by atoms with Crippen molar-refractivity contribution in [3.05, 3.63) is 53.1 Å². The highest BCUT2D eigenvalue weighted by Crippen LogP contribution is 2.22. The lowest BCUT2D eigenvalue weighted by atomic mass is 10.2. The fourth-order valence-electron chi connectivity index (χ4n) is 3.22. The van der Waals surface area contributed by atoms with Gasteiger partial charge in [0.1, 0.15) is 11.5 Å². The minimum Gasteiger partial charge on any atom is -0.508 e. The summed E-state index contributed by atoms with van der Waals surface area (Å²) >= 11 is 5.94. The van der Waals surface area contributed by atoms with Crippen LogP contribution in [0, 0.1) is 6.92 Å². The van der Waals surface area contributed by atoms with Gasteiger partial charge in [-0.15, -0.1) is 0 Å². The summed E-state index contributed by atoms with van der Waals surface area (Å²) in [7, 11) is 0. The summed E-state index contributed by atoms with van der Waals surface area (Å²) in [4.78, 5) is 16.6. The molecule has 3 rings (SSSR count). The van der Waals surface area contributed by atoms with Crippen LogP contribution in [0.3, 0.4) is 0 Å². The molecule has 0 aromatic heterocycles. The molecule has 144 valence electrons. The number of hydrogen-bond acceptors (Lipinski definition) is 4. The van der Waals surface area contributed by atoms with E-state index in [1.165, 1.54) is 0 Å². The SMILES string of the molecule is Cc1cc(Cl)ccc1OCCCC(=O)N1CCN(c2ccc(O)cc2)CC1. The van der Waals surface area contributed by atoms with E-state index >= 15 is 0 Å². The van der Waals surface area contributed by atoms with E-state index in [0.717, 1.165) is 43.2 Å². The van der Waals surface area contributed by atoms with Gasteiger partial charge in [0.2, 0.25) is 5.91 Å². The van der Waals surface area contributed by atoms with E-state index in [1.807, 2.05) is 42.2 Å². The van der Waals surface area contributed by atoms with Crippen LogP contribution in [0.2, 0.25) is 5.02 Å². The first-order valence-corrected chi connectivity index (χ1v) is 9.61. The second kappa shape index (κ2) is 9.00. The zero-order chi connectivity index (χ0) is 19.2. The Bertz CT molecular complexity index is 771. The van der Waals surface area contributed by atoms with E-state index in [0.29, 0.717) is 24.5 Å². The van der Waals surface area contributed by atoms with Gasteiger partial charge in [0.15, 0.2) is 0 Å². The minimum absolute atomic E-state index is 0.178. The molecule has 1 fully saturated rings. The van der Waals surface area contributed by atoms with Crippen molar-refractivity contribution < 1.29 is 14.6 Å². The summed E-state index contributed by atoms with van der Waals surface area (Å²) in [6, 6.07) is 12.7. The number of aryl methyl sites for hydroxylation is 1. The molecule has 5 nitrogen and oxygen atoms in total. The lowest BCUT2D eigenvalue weighted by Crippen LogP contribution is -2.48. The number of aromatic hydroxyl groups is 1. The summed E-state index contributed by atoms with van der Waals surface area (Å²) in [6.07, 6.45) is 1.19. The van der Waals surface area contributed by atoms with Gasteiger partial charge in [-0.25, -0.2) is 0 Å². The third-order valence-corrected chi connectivity index (χ3v) is 5.01. The first-order valence-electron chi connectivity index (χ1n) is 9.23. The van der Waals surface area contributed by atoms with Crippen LogP contribution in [0.15, 0.2) is 42.5 Å². The number of phenolic OH excluding ortho intramolecular Hbond substituents is 1. The van der Waals surface area contributed by atoms with Crippen LogP contribution in [0.5, 0.6) is 11.5 Å². The molecular weight excluding hydrogens is 364 g/mol. The van der Waals surface area contributed by atoms with Crippen LogP contribution in [-0.4, -0.2) is 48.7 Å². The smallest absolute Gasteiger partial charge is 0.222 e. The number of ether oxygens (including phenoxy) is 1. The summed E-state index contributed by atoms with van der Waals surface area (Å²) in [5, 5.41) is 10.1. The van der Waals surface area contributed by atoms with Gasteiger partial charge in [0.05, 0.1) is 6.61 Å². The van der Waals surface area contributed by atoms with Crippen molar-refractivity contribution in [3.8, 4) is 11.5 Å². The fourth-order valence-corrected chi connectivity index (χ4v) is 3.44. The molecule has 0 aliphatic carbocycles. The molecule has 0 atom stereocenters. The topological polar surface area (TPSA) is 53.0 Å². The molecule has 2 aromatic carbocycles. The van der Waals surface area contributed by atoms with Gasteiger partial charge in [-0.3, -0.25) is 4.79 Å². The molecule has 1 amide bonds. The summed E-state index contributed by atoms with van der Waals surface area (Å²) in [6.45, 7) is 5.52. The van der Waals surface area contributed by atoms with Crippen LogP contribution in [0.1, 0.15) is 18.4 Å². The first kappa shape index (κ1) is 19.4. The Labute approximate surface area is 165 Å². The molecule has 1 aliphatic rings. The number of hydrogen-bond donors (Lipinski definition) is 1. The highest BCUT2D eigenvalue weighted by Gasteiger charge is 2.21. The Kier molecular flexibility index (Phi) is 6.45. The Balaban J connectivity index is 1.38. The number of benzene rings is 2. The zero-order valence-corrected chi connectivity index (χ0v) is 16.3. The first-order chi connectivity index (χ1) is 13.0. The molecule has 0 bridgehead atoms. The van der Waals surface area contributed by atoms with Gasteiger partial charge in [0, 0.05) is 43.3 Å². The second-order valence-electron chi connectivity index (χ2n) is 6.75. The third-order valence-electron chi connectivity index (χ3n) is 4.78. The second-order valence-corrected chi connectivity index (χ2v) is 7.18. The summed E-state index contributed by atoms with van der Waals surface area (Å²) in [5.41, 5.74) is 2.07. The monoisotopic (exact) mass is 388 g/mol. The van der Waals surface area contributed by atoms with Crippen molar-refractivity contribution in [3.63, 3.8) is 0 Å². The fraction of sp³-hybridized carbons (Fsp3) is 0.381. The number of amides is 1. The quantitative estimate of drug-likeness (QED) is 0.763. The number of nitrogens with zero attached hydrogens (tertiary/aromatic N) is 2. The number of carbonyl (C=O) groups excluding carboxylic acids is 1. The maximum atomic E-state index is 12.4. The summed E-state index contributed by atoms with van der Waals surface area (Å²) in [5.74, 6) is 1.26. The molecular formula is C21H25ClN2O3. The Hall–Kier alpha value is -2.40. The number of rotatable bonds is 6. The predicted octanol–water partition coefficient (Wildman–Crippen LogP) is 3.86. The van der Waals surface area contributed by atoms with Crippen molar-refractivity contribution in [1.82, 2.24) is 4.90 Å². The standard InChI is InChI=1S/C21H25ClN2O3/c1-16-15-17(22)4-9-20(16)27-14-2-3-21(26)24-12-10-23(11-13-24)18-5-7-19(25)8-6-18/h4-9,15,25H,2-3,10-14H2,1H3. The Morgan fingerprint density at radius 2 is 1.81 bits per heavy atom. The summed E-state index contributed by atoms with van der Waals surface area (Å²) < 4.78 is 5.76. The third kappa shape index (κ3) is 5.30. The molecule has 1 saturated heterocycles.